The molecule has 0 unspecified atom stereocenters. The van der Waals surface area contributed by atoms with Gasteiger partial charge in [-0.1, -0.05) is 12.1 Å². The number of halogens is 1. The second-order valence-electron chi connectivity index (χ2n) is 5.79. The molecule has 0 aliphatic carbocycles. The third-order valence-electron chi connectivity index (χ3n) is 3.15. The molecule has 4 heteroatoms. The normalized spacial score (nSPS) is 11.4. The van der Waals surface area contributed by atoms with E-state index in [0.29, 0.717) is 13.1 Å². The van der Waals surface area contributed by atoms with Gasteiger partial charge in [0.1, 0.15) is 5.82 Å². The maximum Gasteiger partial charge on any atom is 0.237 e. The fourth-order valence-electron chi connectivity index (χ4n) is 2.49. The molecule has 0 aliphatic rings. The van der Waals surface area contributed by atoms with Crippen LogP contribution in [0.2, 0.25) is 0 Å². The van der Waals surface area contributed by atoms with Crippen molar-refractivity contribution >= 4 is 5.91 Å². The van der Waals surface area contributed by atoms with Crippen LogP contribution in [0.3, 0.4) is 0 Å². The molecule has 0 heterocycles. The number of carbonyl (C=O) groups is 1. The lowest BCUT2D eigenvalue weighted by Crippen LogP contribution is -2.46. The molecule has 0 radical (unpaired) electrons. The first-order valence-corrected chi connectivity index (χ1v) is 7.05. The van der Waals surface area contributed by atoms with Crippen LogP contribution in [0, 0.1) is 5.82 Å². The quantitative estimate of drug-likeness (QED) is 0.800. The summed E-state index contributed by atoms with van der Waals surface area (Å²) in [5.41, 5.74) is 0.876. The van der Waals surface area contributed by atoms with Crippen LogP contribution < -0.4 is 0 Å². The first kappa shape index (κ1) is 16.6. The minimum absolute atomic E-state index is 0.105. The van der Waals surface area contributed by atoms with Gasteiger partial charge in [0.15, 0.2) is 0 Å². The van der Waals surface area contributed by atoms with Crippen LogP contribution in [0.4, 0.5) is 4.39 Å². The predicted octanol–water partition coefficient (Wildman–Crippen LogP) is 2.90. The minimum Gasteiger partial charge on any atom is -0.337 e. The van der Waals surface area contributed by atoms with Crippen molar-refractivity contribution in [2.24, 2.45) is 0 Å². The Bertz CT molecular complexity index is 438. The van der Waals surface area contributed by atoms with E-state index in [1.54, 1.807) is 6.07 Å². The van der Waals surface area contributed by atoms with Gasteiger partial charge in [0.2, 0.25) is 5.91 Å². The monoisotopic (exact) mass is 280 g/mol. The van der Waals surface area contributed by atoms with Crippen LogP contribution in [-0.2, 0) is 11.3 Å². The Kier molecular flexibility index (Phi) is 6.14. The van der Waals surface area contributed by atoms with Crippen LogP contribution in [0.25, 0.3) is 0 Å². The zero-order valence-corrected chi connectivity index (χ0v) is 13.1. The smallest absolute Gasteiger partial charge is 0.237 e. The van der Waals surface area contributed by atoms with Gasteiger partial charge in [-0.25, -0.2) is 4.39 Å². The Morgan fingerprint density at radius 3 is 2.30 bits per heavy atom. The van der Waals surface area contributed by atoms with Crippen molar-refractivity contribution in [2.75, 3.05) is 13.6 Å². The average Bonchev–Trinajstić information content (AvgIpc) is 2.26. The Morgan fingerprint density at radius 2 is 1.80 bits per heavy atom. The van der Waals surface area contributed by atoms with E-state index in [-0.39, 0.29) is 23.8 Å². The number of benzene rings is 1. The van der Waals surface area contributed by atoms with Gasteiger partial charge >= 0.3 is 0 Å². The van der Waals surface area contributed by atoms with Crippen molar-refractivity contribution in [2.45, 2.75) is 46.3 Å². The number of hydrogen-bond acceptors (Lipinski definition) is 2. The second kappa shape index (κ2) is 7.39. The van der Waals surface area contributed by atoms with Crippen LogP contribution in [0.1, 0.15) is 33.3 Å². The fourth-order valence-corrected chi connectivity index (χ4v) is 2.49. The van der Waals surface area contributed by atoms with Crippen molar-refractivity contribution in [1.82, 2.24) is 9.80 Å². The molecule has 0 bridgehead atoms. The first-order valence-electron chi connectivity index (χ1n) is 7.05. The molecule has 3 nitrogen and oxygen atoms in total. The highest BCUT2D eigenvalue weighted by Gasteiger charge is 2.21. The van der Waals surface area contributed by atoms with Crippen molar-refractivity contribution in [1.29, 1.82) is 0 Å². The molecule has 0 spiro atoms. The van der Waals surface area contributed by atoms with Crippen molar-refractivity contribution in [3.63, 3.8) is 0 Å². The zero-order valence-electron chi connectivity index (χ0n) is 13.1. The summed E-state index contributed by atoms with van der Waals surface area (Å²) in [6.07, 6.45) is 0. The van der Waals surface area contributed by atoms with E-state index in [1.165, 1.54) is 12.1 Å². The summed E-state index contributed by atoms with van der Waals surface area (Å²) in [6, 6.07) is 6.86. The molecular formula is C16H25FN2O. The molecule has 0 saturated heterocycles. The van der Waals surface area contributed by atoms with Gasteiger partial charge in [0.05, 0.1) is 6.54 Å². The van der Waals surface area contributed by atoms with E-state index < -0.39 is 0 Å². The molecule has 0 fully saturated rings. The summed E-state index contributed by atoms with van der Waals surface area (Å²) in [7, 11) is 1.88. The number of hydrogen-bond donors (Lipinski definition) is 0. The SMILES string of the molecule is CC(C)N(C(=O)CN(C)Cc1cccc(F)c1)C(C)C. The van der Waals surface area contributed by atoms with Gasteiger partial charge in [-0.05, 0) is 52.4 Å². The van der Waals surface area contributed by atoms with Gasteiger partial charge in [0.25, 0.3) is 0 Å². The third-order valence-corrected chi connectivity index (χ3v) is 3.15. The second-order valence-corrected chi connectivity index (χ2v) is 5.79. The lowest BCUT2D eigenvalue weighted by atomic mass is 10.2. The van der Waals surface area contributed by atoms with E-state index in [0.717, 1.165) is 5.56 Å². The van der Waals surface area contributed by atoms with Crippen LogP contribution in [0.5, 0.6) is 0 Å². The van der Waals surface area contributed by atoms with E-state index in [9.17, 15) is 9.18 Å². The van der Waals surface area contributed by atoms with E-state index in [2.05, 4.69) is 0 Å². The molecule has 0 aromatic heterocycles. The average molecular weight is 280 g/mol. The van der Waals surface area contributed by atoms with E-state index in [1.807, 2.05) is 50.6 Å². The number of nitrogens with zero attached hydrogens (tertiary/aromatic N) is 2. The number of amides is 1. The van der Waals surface area contributed by atoms with E-state index in [4.69, 9.17) is 0 Å². The Hall–Kier alpha value is -1.42. The lowest BCUT2D eigenvalue weighted by molar-refractivity contribution is -0.135. The Balaban J connectivity index is 2.61. The minimum atomic E-state index is -0.242. The Labute approximate surface area is 121 Å². The summed E-state index contributed by atoms with van der Waals surface area (Å²) in [6.45, 7) is 8.98. The molecule has 112 valence electrons. The maximum absolute atomic E-state index is 13.1. The van der Waals surface area contributed by atoms with Gasteiger partial charge in [0, 0.05) is 18.6 Å². The third kappa shape index (κ3) is 4.93. The molecule has 1 rings (SSSR count). The summed E-state index contributed by atoms with van der Waals surface area (Å²) in [4.78, 5) is 16.1. The highest BCUT2D eigenvalue weighted by Crippen LogP contribution is 2.09. The topological polar surface area (TPSA) is 23.6 Å². The van der Waals surface area contributed by atoms with Gasteiger partial charge in [-0.15, -0.1) is 0 Å². The summed E-state index contributed by atoms with van der Waals surface area (Å²) < 4.78 is 13.1. The van der Waals surface area contributed by atoms with Gasteiger partial charge in [-0.2, -0.15) is 0 Å². The molecule has 1 amide bonds. The number of likely N-dealkylation sites (N-methyl/N-ethyl adjacent to an activating group) is 1. The maximum atomic E-state index is 13.1. The predicted molar refractivity (Wildman–Crippen MR) is 79.9 cm³/mol. The number of carbonyl (C=O) groups excluding carboxylic acids is 1. The standard InChI is InChI=1S/C16H25FN2O/c1-12(2)19(13(3)4)16(20)11-18(5)10-14-7-6-8-15(17)9-14/h6-9,12-13H,10-11H2,1-5H3. The number of rotatable bonds is 6. The van der Waals surface area contributed by atoms with Crippen molar-refractivity contribution < 1.29 is 9.18 Å². The van der Waals surface area contributed by atoms with Crippen LogP contribution in [-0.4, -0.2) is 41.4 Å². The summed E-state index contributed by atoms with van der Waals surface area (Å²) in [5, 5.41) is 0. The highest BCUT2D eigenvalue weighted by atomic mass is 19.1. The lowest BCUT2D eigenvalue weighted by Gasteiger charge is -2.32. The molecule has 0 saturated carbocycles. The van der Waals surface area contributed by atoms with Crippen LogP contribution >= 0.6 is 0 Å². The molecule has 20 heavy (non-hydrogen) atoms. The Morgan fingerprint density at radius 1 is 1.20 bits per heavy atom. The molecule has 0 aliphatic heterocycles. The van der Waals surface area contributed by atoms with E-state index >= 15 is 0 Å². The van der Waals surface area contributed by atoms with Crippen LogP contribution in [0.15, 0.2) is 24.3 Å². The van der Waals surface area contributed by atoms with Crippen molar-refractivity contribution in [3.8, 4) is 0 Å². The largest absolute Gasteiger partial charge is 0.337 e. The summed E-state index contributed by atoms with van der Waals surface area (Å²) >= 11 is 0. The molecule has 0 N–H and O–H groups in total. The molecule has 0 atom stereocenters. The summed E-state index contributed by atoms with van der Waals surface area (Å²) in [5.74, 6) is -0.137. The first-order chi connectivity index (χ1) is 9.31. The van der Waals surface area contributed by atoms with Gasteiger partial charge < -0.3 is 4.90 Å². The zero-order chi connectivity index (χ0) is 15.3. The van der Waals surface area contributed by atoms with Crippen molar-refractivity contribution in [3.05, 3.63) is 35.6 Å². The molecule has 1 aromatic rings. The molecule has 1 aromatic carbocycles. The van der Waals surface area contributed by atoms with Gasteiger partial charge in [-0.3, -0.25) is 9.69 Å². The molecular weight excluding hydrogens is 255 g/mol. The highest BCUT2D eigenvalue weighted by molar-refractivity contribution is 5.78. The fraction of sp³-hybridized carbons (Fsp3) is 0.562.